The fourth-order valence-electron chi connectivity index (χ4n) is 2.65. The van der Waals surface area contributed by atoms with Gasteiger partial charge in [0.05, 0.1) is 12.4 Å². The average molecular weight is 298 g/mol. The fourth-order valence-corrected chi connectivity index (χ4v) is 2.65. The van der Waals surface area contributed by atoms with Crippen LogP contribution in [0.5, 0.6) is 0 Å². The van der Waals surface area contributed by atoms with Crippen molar-refractivity contribution in [2.45, 2.75) is 6.54 Å². The molecule has 1 fully saturated rings. The molecule has 1 aliphatic heterocycles. The number of hydrogen-bond acceptors (Lipinski definition) is 4. The van der Waals surface area contributed by atoms with E-state index in [0.717, 1.165) is 38.3 Å². The third-order valence-electron chi connectivity index (χ3n) is 3.85. The molecule has 0 aliphatic carbocycles. The summed E-state index contributed by atoms with van der Waals surface area (Å²) in [6.07, 6.45) is 4.30. The van der Waals surface area contributed by atoms with Gasteiger partial charge in [-0.05, 0) is 11.1 Å². The molecule has 0 bridgehead atoms. The maximum atomic E-state index is 12.9. The zero-order chi connectivity index (χ0) is 15.4. The first kappa shape index (κ1) is 14.7. The van der Waals surface area contributed by atoms with E-state index in [0.29, 0.717) is 5.95 Å². The number of rotatable bonds is 4. The second kappa shape index (κ2) is 6.66. The van der Waals surface area contributed by atoms with Crippen LogP contribution in [-0.2, 0) is 6.54 Å². The van der Waals surface area contributed by atoms with Crippen molar-refractivity contribution in [3.63, 3.8) is 0 Å². The van der Waals surface area contributed by atoms with Gasteiger partial charge in [-0.2, -0.15) is 0 Å². The van der Waals surface area contributed by atoms with Crippen LogP contribution in [0.25, 0.3) is 6.08 Å². The highest BCUT2D eigenvalue weighted by atomic mass is 19.1. The normalized spacial score (nSPS) is 15.8. The Morgan fingerprint density at radius 3 is 2.55 bits per heavy atom. The molecule has 22 heavy (non-hydrogen) atoms. The standard InChI is InChI=1S/C17H19FN4/c1-2-14-4-3-5-15(10-14)13-21-6-8-22(9-7-21)17-19-11-16(18)12-20-17/h2-5,10-12H,1,6-9,13H2. The van der Waals surface area contributed by atoms with Crippen molar-refractivity contribution in [1.29, 1.82) is 0 Å². The molecule has 1 saturated heterocycles. The number of nitrogens with zero attached hydrogens (tertiary/aromatic N) is 4. The summed E-state index contributed by atoms with van der Waals surface area (Å²) in [5.74, 6) is 0.208. The third kappa shape index (κ3) is 3.49. The van der Waals surface area contributed by atoms with Crippen molar-refractivity contribution in [3.8, 4) is 0 Å². The molecule has 1 aromatic heterocycles. The van der Waals surface area contributed by atoms with Crippen LogP contribution < -0.4 is 4.90 Å². The Labute approximate surface area is 129 Å². The second-order valence-electron chi connectivity index (χ2n) is 5.41. The molecule has 0 unspecified atom stereocenters. The molecular formula is C17H19FN4. The van der Waals surface area contributed by atoms with E-state index in [2.05, 4.69) is 50.6 Å². The number of aromatic nitrogens is 2. The summed E-state index contributed by atoms with van der Waals surface area (Å²) in [7, 11) is 0. The summed E-state index contributed by atoms with van der Waals surface area (Å²) in [4.78, 5) is 12.6. The van der Waals surface area contributed by atoms with Crippen molar-refractivity contribution in [1.82, 2.24) is 14.9 Å². The van der Waals surface area contributed by atoms with Gasteiger partial charge in [0, 0.05) is 32.7 Å². The SMILES string of the molecule is C=Cc1cccc(CN2CCN(c3ncc(F)cn3)CC2)c1. The summed E-state index contributed by atoms with van der Waals surface area (Å²) < 4.78 is 12.9. The highest BCUT2D eigenvalue weighted by Gasteiger charge is 2.19. The Kier molecular flexibility index (Phi) is 4.44. The lowest BCUT2D eigenvalue weighted by Crippen LogP contribution is -2.46. The Bertz CT molecular complexity index is 633. The predicted octanol–water partition coefficient (Wildman–Crippen LogP) is 2.58. The molecule has 0 spiro atoms. The van der Waals surface area contributed by atoms with Crippen LogP contribution >= 0.6 is 0 Å². The number of hydrogen-bond donors (Lipinski definition) is 0. The average Bonchev–Trinajstić information content (AvgIpc) is 2.57. The zero-order valence-corrected chi connectivity index (χ0v) is 12.5. The fraction of sp³-hybridized carbons (Fsp3) is 0.294. The minimum Gasteiger partial charge on any atom is -0.338 e. The molecule has 5 heteroatoms. The maximum absolute atomic E-state index is 12.9. The molecule has 2 heterocycles. The number of anilines is 1. The van der Waals surface area contributed by atoms with E-state index in [1.807, 2.05) is 6.08 Å². The molecule has 0 radical (unpaired) electrons. The van der Waals surface area contributed by atoms with Gasteiger partial charge in [0.2, 0.25) is 5.95 Å². The van der Waals surface area contributed by atoms with Gasteiger partial charge in [0.1, 0.15) is 0 Å². The van der Waals surface area contributed by atoms with Gasteiger partial charge in [0.25, 0.3) is 0 Å². The summed E-state index contributed by atoms with van der Waals surface area (Å²) in [6, 6.07) is 8.43. The van der Waals surface area contributed by atoms with Crippen molar-refractivity contribution in [2.24, 2.45) is 0 Å². The molecule has 0 saturated carbocycles. The van der Waals surface area contributed by atoms with Gasteiger partial charge in [0.15, 0.2) is 5.82 Å². The topological polar surface area (TPSA) is 32.3 Å². The lowest BCUT2D eigenvalue weighted by molar-refractivity contribution is 0.248. The van der Waals surface area contributed by atoms with E-state index in [1.165, 1.54) is 18.0 Å². The van der Waals surface area contributed by atoms with Gasteiger partial charge in [-0.15, -0.1) is 0 Å². The van der Waals surface area contributed by atoms with Gasteiger partial charge in [-0.1, -0.05) is 36.9 Å². The smallest absolute Gasteiger partial charge is 0.225 e. The molecule has 0 atom stereocenters. The molecule has 2 aromatic rings. The summed E-state index contributed by atoms with van der Waals surface area (Å²) >= 11 is 0. The first-order chi connectivity index (χ1) is 10.7. The summed E-state index contributed by atoms with van der Waals surface area (Å²) in [5.41, 5.74) is 2.44. The number of piperazine rings is 1. The van der Waals surface area contributed by atoms with Gasteiger partial charge in [-0.25, -0.2) is 14.4 Å². The lowest BCUT2D eigenvalue weighted by atomic mass is 10.1. The Hall–Kier alpha value is -2.27. The Morgan fingerprint density at radius 2 is 1.86 bits per heavy atom. The van der Waals surface area contributed by atoms with Crippen LogP contribution in [0.1, 0.15) is 11.1 Å². The van der Waals surface area contributed by atoms with E-state index < -0.39 is 5.82 Å². The maximum Gasteiger partial charge on any atom is 0.225 e. The lowest BCUT2D eigenvalue weighted by Gasteiger charge is -2.34. The Morgan fingerprint density at radius 1 is 1.14 bits per heavy atom. The highest BCUT2D eigenvalue weighted by Crippen LogP contribution is 2.14. The zero-order valence-electron chi connectivity index (χ0n) is 12.5. The van der Waals surface area contributed by atoms with Crippen molar-refractivity contribution in [2.75, 3.05) is 31.1 Å². The quantitative estimate of drug-likeness (QED) is 0.868. The van der Waals surface area contributed by atoms with Gasteiger partial charge < -0.3 is 4.90 Å². The van der Waals surface area contributed by atoms with Crippen LogP contribution in [0.15, 0.2) is 43.2 Å². The third-order valence-corrected chi connectivity index (χ3v) is 3.85. The molecule has 3 rings (SSSR count). The molecule has 1 aliphatic rings. The van der Waals surface area contributed by atoms with Crippen LogP contribution in [0.2, 0.25) is 0 Å². The van der Waals surface area contributed by atoms with Crippen LogP contribution in [0.3, 0.4) is 0 Å². The van der Waals surface area contributed by atoms with E-state index in [9.17, 15) is 4.39 Å². The monoisotopic (exact) mass is 298 g/mol. The molecule has 4 nitrogen and oxygen atoms in total. The number of benzene rings is 1. The van der Waals surface area contributed by atoms with Crippen LogP contribution in [-0.4, -0.2) is 41.0 Å². The minimum atomic E-state index is -0.399. The minimum absolute atomic E-state index is 0.399. The van der Waals surface area contributed by atoms with Gasteiger partial charge in [-0.3, -0.25) is 4.90 Å². The summed E-state index contributed by atoms with van der Waals surface area (Å²) in [6.45, 7) is 8.33. The molecule has 114 valence electrons. The van der Waals surface area contributed by atoms with E-state index >= 15 is 0 Å². The van der Waals surface area contributed by atoms with E-state index in [-0.39, 0.29) is 0 Å². The van der Waals surface area contributed by atoms with Crippen LogP contribution in [0.4, 0.5) is 10.3 Å². The van der Waals surface area contributed by atoms with Crippen LogP contribution in [0, 0.1) is 5.82 Å². The first-order valence-electron chi connectivity index (χ1n) is 7.41. The van der Waals surface area contributed by atoms with E-state index in [1.54, 1.807) is 0 Å². The predicted molar refractivity (Wildman–Crippen MR) is 86.0 cm³/mol. The molecule has 1 aromatic carbocycles. The number of halogens is 1. The first-order valence-corrected chi connectivity index (χ1v) is 7.41. The second-order valence-corrected chi connectivity index (χ2v) is 5.41. The molecule has 0 amide bonds. The van der Waals surface area contributed by atoms with Crippen molar-refractivity contribution >= 4 is 12.0 Å². The summed E-state index contributed by atoms with van der Waals surface area (Å²) in [5, 5.41) is 0. The molecule has 0 N–H and O–H groups in total. The highest BCUT2D eigenvalue weighted by molar-refractivity contribution is 5.47. The largest absolute Gasteiger partial charge is 0.338 e. The van der Waals surface area contributed by atoms with Crippen molar-refractivity contribution in [3.05, 3.63) is 60.2 Å². The van der Waals surface area contributed by atoms with Crippen molar-refractivity contribution < 1.29 is 4.39 Å². The van der Waals surface area contributed by atoms with Gasteiger partial charge >= 0.3 is 0 Å². The Balaban J connectivity index is 1.57. The molecular weight excluding hydrogens is 279 g/mol. The van der Waals surface area contributed by atoms with E-state index in [4.69, 9.17) is 0 Å².